The van der Waals surface area contributed by atoms with Gasteiger partial charge < -0.3 is 10.2 Å². The third-order valence-corrected chi connectivity index (χ3v) is 5.93. The fraction of sp³-hybridized carbons (Fsp3) is 0.611. The maximum Gasteiger partial charge on any atom is 0.251 e. The van der Waals surface area contributed by atoms with Gasteiger partial charge in [0.2, 0.25) is 0 Å². The Morgan fingerprint density at radius 2 is 1.64 bits per heavy atom. The molecule has 1 saturated carbocycles. The van der Waals surface area contributed by atoms with Crippen molar-refractivity contribution in [3.8, 4) is 0 Å². The predicted octanol–water partition coefficient (Wildman–Crippen LogP) is 2.20. The van der Waals surface area contributed by atoms with Gasteiger partial charge in [-0.3, -0.25) is 4.79 Å². The molecule has 0 radical (unpaired) electrons. The first kappa shape index (κ1) is 14.5. The number of hydrogen-bond donors (Lipinski definition) is 2. The Bertz CT molecular complexity index is 541. The molecule has 2 N–H and O–H groups in total. The number of nitrogens with one attached hydrogen (secondary N) is 2. The van der Waals surface area contributed by atoms with Crippen molar-refractivity contribution >= 4 is 17.5 Å². The zero-order valence-corrected chi connectivity index (χ0v) is 13.6. The highest BCUT2D eigenvalue weighted by Crippen LogP contribution is 2.27. The molecule has 1 aromatic carbocycles. The smallest absolute Gasteiger partial charge is 0.251 e. The molecule has 2 saturated heterocycles. The van der Waals surface area contributed by atoms with Crippen LogP contribution in [0.3, 0.4) is 0 Å². The summed E-state index contributed by atoms with van der Waals surface area (Å²) in [5.41, 5.74) is 0.714. The standard InChI is InChI=1S/C18H23ClN2O/c19-13-6-4-12(5-7-13)18(22)20-14-10-16-2-1-3-17(11-14)21(16)15-8-9-15/h4-7,14-17H,1-3,8-11H2,(H,20,22)/p+1/t14?,16-,17+. The van der Waals surface area contributed by atoms with E-state index in [1.165, 1.54) is 32.1 Å². The lowest BCUT2D eigenvalue weighted by atomic mass is 9.81. The van der Waals surface area contributed by atoms with Crippen molar-refractivity contribution in [2.24, 2.45) is 0 Å². The van der Waals surface area contributed by atoms with E-state index in [0.717, 1.165) is 31.0 Å². The number of benzene rings is 1. The van der Waals surface area contributed by atoms with Gasteiger partial charge in [-0.05, 0) is 43.5 Å². The number of fused-ring (bicyclic) bond motifs is 2. The van der Waals surface area contributed by atoms with Gasteiger partial charge in [0.05, 0.1) is 18.1 Å². The van der Waals surface area contributed by atoms with Gasteiger partial charge in [-0.25, -0.2) is 0 Å². The molecule has 1 aliphatic carbocycles. The monoisotopic (exact) mass is 319 g/mol. The molecular weight excluding hydrogens is 296 g/mol. The second-order valence-corrected chi connectivity index (χ2v) is 7.68. The number of amides is 1. The van der Waals surface area contributed by atoms with Gasteiger partial charge in [-0.2, -0.15) is 0 Å². The van der Waals surface area contributed by atoms with Gasteiger partial charge >= 0.3 is 0 Å². The number of quaternary nitrogens is 1. The molecule has 3 fully saturated rings. The first-order valence-corrected chi connectivity index (χ1v) is 9.01. The summed E-state index contributed by atoms with van der Waals surface area (Å²) in [7, 11) is 0. The molecule has 4 heteroatoms. The highest BCUT2D eigenvalue weighted by atomic mass is 35.5. The molecule has 2 unspecified atom stereocenters. The molecule has 4 atom stereocenters. The summed E-state index contributed by atoms with van der Waals surface area (Å²) >= 11 is 5.89. The van der Waals surface area contributed by atoms with Gasteiger partial charge in [0.15, 0.2) is 0 Å². The van der Waals surface area contributed by atoms with Crippen molar-refractivity contribution < 1.29 is 9.69 Å². The van der Waals surface area contributed by atoms with E-state index in [2.05, 4.69) is 5.32 Å². The van der Waals surface area contributed by atoms with E-state index in [1.54, 1.807) is 12.1 Å². The predicted molar refractivity (Wildman–Crippen MR) is 87.4 cm³/mol. The summed E-state index contributed by atoms with van der Waals surface area (Å²) < 4.78 is 0. The van der Waals surface area contributed by atoms with Gasteiger partial charge in [-0.15, -0.1) is 0 Å². The number of hydrogen-bond acceptors (Lipinski definition) is 1. The fourth-order valence-corrected chi connectivity index (χ4v) is 4.77. The van der Waals surface area contributed by atoms with Crippen molar-refractivity contribution in [3.05, 3.63) is 34.9 Å². The Morgan fingerprint density at radius 3 is 2.23 bits per heavy atom. The van der Waals surface area contributed by atoms with Gasteiger partial charge in [-0.1, -0.05) is 11.6 Å². The summed E-state index contributed by atoms with van der Waals surface area (Å²) in [6, 6.07) is 10.0. The second kappa shape index (κ2) is 5.86. The zero-order chi connectivity index (χ0) is 15.1. The molecule has 2 bridgehead atoms. The maximum absolute atomic E-state index is 12.4. The number of carbonyl (C=O) groups excluding carboxylic acids is 1. The Kier molecular flexibility index (Phi) is 3.87. The van der Waals surface area contributed by atoms with Crippen LogP contribution in [-0.2, 0) is 0 Å². The number of carbonyl (C=O) groups is 1. The summed E-state index contributed by atoms with van der Waals surface area (Å²) in [5.74, 6) is 0.0506. The van der Waals surface area contributed by atoms with Crippen molar-refractivity contribution in [1.82, 2.24) is 5.32 Å². The van der Waals surface area contributed by atoms with Gasteiger partial charge in [0.25, 0.3) is 5.91 Å². The van der Waals surface area contributed by atoms with Crippen LogP contribution in [0.15, 0.2) is 24.3 Å². The Hall–Kier alpha value is -1.06. The van der Waals surface area contributed by atoms with Crippen LogP contribution in [0.1, 0.15) is 55.3 Å². The van der Waals surface area contributed by atoms with Crippen molar-refractivity contribution in [1.29, 1.82) is 0 Å². The summed E-state index contributed by atoms with van der Waals surface area (Å²) in [5, 5.41) is 3.94. The first-order chi connectivity index (χ1) is 10.7. The molecule has 4 rings (SSSR count). The summed E-state index contributed by atoms with van der Waals surface area (Å²) in [6.45, 7) is 0. The lowest BCUT2D eigenvalue weighted by molar-refractivity contribution is -0.971. The van der Waals surface area contributed by atoms with Crippen molar-refractivity contribution in [3.63, 3.8) is 0 Å². The van der Waals surface area contributed by atoms with Crippen molar-refractivity contribution in [2.45, 2.75) is 69.1 Å². The quantitative estimate of drug-likeness (QED) is 0.880. The first-order valence-electron chi connectivity index (χ1n) is 8.64. The van der Waals surface area contributed by atoms with Crippen LogP contribution >= 0.6 is 11.6 Å². The SMILES string of the molecule is O=C(NC1C[C@H]2CCC[C@@H](C1)[NH+]2C1CC1)c1ccc(Cl)cc1. The topological polar surface area (TPSA) is 33.5 Å². The summed E-state index contributed by atoms with van der Waals surface area (Å²) in [4.78, 5) is 14.3. The fourth-order valence-electron chi connectivity index (χ4n) is 4.64. The molecule has 1 amide bonds. The average Bonchev–Trinajstić information content (AvgIpc) is 3.31. The molecule has 2 heterocycles. The van der Waals surface area contributed by atoms with E-state index in [9.17, 15) is 4.79 Å². The van der Waals surface area contributed by atoms with E-state index in [-0.39, 0.29) is 5.91 Å². The second-order valence-electron chi connectivity index (χ2n) is 7.25. The van der Waals surface area contributed by atoms with E-state index in [4.69, 9.17) is 11.6 Å². The minimum atomic E-state index is 0.0506. The van der Waals surface area contributed by atoms with E-state index < -0.39 is 0 Å². The van der Waals surface area contributed by atoms with Crippen LogP contribution in [0.25, 0.3) is 0 Å². The minimum Gasteiger partial charge on any atom is -0.349 e. The molecule has 0 aromatic heterocycles. The van der Waals surface area contributed by atoms with Crippen LogP contribution in [0.5, 0.6) is 0 Å². The average molecular weight is 320 g/mol. The van der Waals surface area contributed by atoms with Crippen molar-refractivity contribution in [2.75, 3.05) is 0 Å². The number of rotatable bonds is 3. The Morgan fingerprint density at radius 1 is 1.00 bits per heavy atom. The third kappa shape index (κ3) is 2.89. The molecule has 22 heavy (non-hydrogen) atoms. The molecule has 0 spiro atoms. The molecule has 3 aliphatic rings. The van der Waals surface area contributed by atoms with Crippen LogP contribution in [0.4, 0.5) is 0 Å². The largest absolute Gasteiger partial charge is 0.349 e. The molecule has 2 aliphatic heterocycles. The molecule has 1 aromatic rings. The number of halogens is 1. The third-order valence-electron chi connectivity index (χ3n) is 5.68. The van der Waals surface area contributed by atoms with Gasteiger partial charge in [0, 0.05) is 42.3 Å². The highest BCUT2D eigenvalue weighted by molar-refractivity contribution is 6.30. The Labute approximate surface area is 137 Å². The van der Waals surface area contributed by atoms with E-state index in [1.807, 2.05) is 17.0 Å². The molecule has 3 nitrogen and oxygen atoms in total. The lowest BCUT2D eigenvalue weighted by Gasteiger charge is -2.46. The molecule has 118 valence electrons. The Balaban J connectivity index is 1.41. The normalized spacial score (nSPS) is 34.2. The van der Waals surface area contributed by atoms with Crippen LogP contribution in [0.2, 0.25) is 5.02 Å². The minimum absolute atomic E-state index is 0.0506. The van der Waals surface area contributed by atoms with E-state index >= 15 is 0 Å². The number of piperidine rings is 2. The van der Waals surface area contributed by atoms with Crippen LogP contribution < -0.4 is 10.2 Å². The highest BCUT2D eigenvalue weighted by Gasteiger charge is 2.48. The molecular formula is C18H24ClN2O+. The maximum atomic E-state index is 12.4. The van der Waals surface area contributed by atoms with Crippen LogP contribution in [-0.4, -0.2) is 30.1 Å². The summed E-state index contributed by atoms with van der Waals surface area (Å²) in [6.07, 6.45) is 9.21. The van der Waals surface area contributed by atoms with E-state index in [0.29, 0.717) is 16.6 Å². The lowest BCUT2D eigenvalue weighted by Crippen LogP contribution is -3.22. The zero-order valence-electron chi connectivity index (χ0n) is 12.9. The van der Waals surface area contributed by atoms with Crippen LogP contribution in [0, 0.1) is 0 Å². The van der Waals surface area contributed by atoms with Gasteiger partial charge in [0.1, 0.15) is 0 Å².